The zero-order valence-electron chi connectivity index (χ0n) is 11.9. The van der Waals surface area contributed by atoms with Crippen LogP contribution in [0.2, 0.25) is 0 Å². The van der Waals surface area contributed by atoms with Crippen LogP contribution in [0.3, 0.4) is 0 Å². The van der Waals surface area contributed by atoms with Gasteiger partial charge < -0.3 is 10.5 Å². The number of hydrogen-bond donors (Lipinski definition) is 2. The lowest BCUT2D eigenvalue weighted by Crippen LogP contribution is -1.92. The fourth-order valence-corrected chi connectivity index (χ4v) is 2.62. The second-order valence-electron chi connectivity index (χ2n) is 4.97. The molecule has 22 heavy (non-hydrogen) atoms. The van der Waals surface area contributed by atoms with Crippen molar-refractivity contribution < 1.29 is 4.74 Å². The molecule has 0 saturated heterocycles. The Balaban J connectivity index is 2.04. The van der Waals surface area contributed by atoms with E-state index in [4.69, 9.17) is 10.5 Å². The van der Waals surface area contributed by atoms with Crippen molar-refractivity contribution in [2.45, 2.75) is 0 Å². The predicted octanol–water partition coefficient (Wildman–Crippen LogP) is 2.76. The van der Waals surface area contributed by atoms with Gasteiger partial charge in [-0.05, 0) is 17.7 Å². The van der Waals surface area contributed by atoms with Crippen LogP contribution in [0.5, 0.6) is 5.75 Å². The Kier molecular flexibility index (Phi) is 2.69. The number of aromatic nitrogens is 4. The topological polar surface area (TPSA) is 89.7 Å². The second-order valence-corrected chi connectivity index (χ2v) is 4.97. The average Bonchev–Trinajstić information content (AvgIpc) is 2.96. The van der Waals surface area contributed by atoms with Gasteiger partial charge >= 0.3 is 0 Å². The normalized spacial score (nSPS) is 11.1. The molecule has 0 aliphatic heterocycles. The smallest absolute Gasteiger partial charge is 0.173 e. The Morgan fingerprint density at radius 2 is 1.86 bits per heavy atom. The van der Waals surface area contributed by atoms with Crippen molar-refractivity contribution >= 4 is 27.8 Å². The van der Waals surface area contributed by atoms with E-state index in [2.05, 4.69) is 20.4 Å². The second kappa shape index (κ2) is 4.70. The molecule has 2 aromatic carbocycles. The number of aromatic amines is 1. The Hall–Kier alpha value is -3.15. The molecule has 0 unspecified atom stereocenters. The largest absolute Gasteiger partial charge is 0.497 e. The summed E-state index contributed by atoms with van der Waals surface area (Å²) in [4.78, 5) is 0. The van der Waals surface area contributed by atoms with Gasteiger partial charge in [0, 0.05) is 10.9 Å². The van der Waals surface area contributed by atoms with Crippen LogP contribution in [-0.4, -0.2) is 27.5 Å². The summed E-state index contributed by atoms with van der Waals surface area (Å²) in [5.41, 5.74) is 9.99. The summed E-state index contributed by atoms with van der Waals surface area (Å²) < 4.78 is 5.29. The third kappa shape index (κ3) is 1.77. The number of nitrogens with one attached hydrogen (secondary N) is 1. The number of ether oxygens (including phenoxy) is 1. The molecule has 4 rings (SSSR count). The maximum Gasteiger partial charge on any atom is 0.173 e. The molecule has 0 amide bonds. The molecule has 0 saturated carbocycles. The molecule has 3 N–H and O–H groups in total. The number of H-pyrrole nitrogens is 1. The summed E-state index contributed by atoms with van der Waals surface area (Å²) in [5.74, 6) is 1.16. The van der Waals surface area contributed by atoms with E-state index in [1.165, 1.54) is 0 Å². The number of anilines is 1. The first kappa shape index (κ1) is 12.6. The number of methoxy groups -OCH3 is 1. The maximum atomic E-state index is 5.79. The van der Waals surface area contributed by atoms with Crippen LogP contribution in [-0.2, 0) is 0 Å². The van der Waals surface area contributed by atoms with Gasteiger partial charge in [-0.1, -0.05) is 30.3 Å². The molecule has 0 radical (unpaired) electrons. The van der Waals surface area contributed by atoms with E-state index in [9.17, 15) is 0 Å². The van der Waals surface area contributed by atoms with Crippen molar-refractivity contribution in [3.8, 4) is 16.9 Å². The van der Waals surface area contributed by atoms with E-state index in [0.29, 0.717) is 11.3 Å². The SMILES string of the molecule is COc1cccc(-c2cccc3c2nnc2c(N)n[nH]c23)c1. The van der Waals surface area contributed by atoms with E-state index < -0.39 is 0 Å². The standard InChI is InChI=1S/C16H13N5O/c1-22-10-5-2-4-9(8-10)11-6-3-7-12-13(11)18-20-15-14(12)19-21-16(15)17/h2-8H,1H3,(H3,17,19,21). The molecule has 0 aliphatic rings. The molecule has 6 nitrogen and oxygen atoms in total. The first-order valence-corrected chi connectivity index (χ1v) is 6.81. The molecule has 0 bridgehead atoms. The van der Waals surface area contributed by atoms with Gasteiger partial charge in [-0.15, -0.1) is 10.2 Å². The summed E-state index contributed by atoms with van der Waals surface area (Å²) in [5, 5.41) is 16.4. The number of nitrogens with two attached hydrogens (primary N) is 1. The first-order chi connectivity index (χ1) is 10.8. The van der Waals surface area contributed by atoms with Gasteiger partial charge in [0.2, 0.25) is 0 Å². The monoisotopic (exact) mass is 291 g/mol. The van der Waals surface area contributed by atoms with Gasteiger partial charge in [-0.25, -0.2) is 0 Å². The first-order valence-electron chi connectivity index (χ1n) is 6.81. The lowest BCUT2D eigenvalue weighted by Gasteiger charge is -2.07. The molecule has 4 aromatic rings. The van der Waals surface area contributed by atoms with E-state index >= 15 is 0 Å². The summed E-state index contributed by atoms with van der Waals surface area (Å²) in [6.45, 7) is 0. The van der Waals surface area contributed by atoms with Gasteiger partial charge in [0.05, 0.1) is 12.6 Å². The number of nitrogens with zero attached hydrogens (tertiary/aromatic N) is 3. The van der Waals surface area contributed by atoms with E-state index in [1.807, 2.05) is 42.5 Å². The minimum atomic E-state index is 0.358. The quantitative estimate of drug-likeness (QED) is 0.592. The fourth-order valence-electron chi connectivity index (χ4n) is 2.62. The summed E-state index contributed by atoms with van der Waals surface area (Å²) in [6.07, 6.45) is 0. The Morgan fingerprint density at radius 1 is 1.05 bits per heavy atom. The highest BCUT2D eigenvalue weighted by atomic mass is 16.5. The van der Waals surface area contributed by atoms with Gasteiger partial charge in [-0.3, -0.25) is 5.10 Å². The predicted molar refractivity (Wildman–Crippen MR) is 85.6 cm³/mol. The number of rotatable bonds is 2. The van der Waals surface area contributed by atoms with Crippen molar-refractivity contribution in [3.05, 3.63) is 42.5 Å². The maximum absolute atomic E-state index is 5.79. The number of hydrogen-bond acceptors (Lipinski definition) is 5. The number of nitrogen functional groups attached to an aromatic ring is 1. The number of fused-ring (bicyclic) bond motifs is 3. The van der Waals surface area contributed by atoms with Crippen molar-refractivity contribution in [3.63, 3.8) is 0 Å². The van der Waals surface area contributed by atoms with Crippen LogP contribution in [0.1, 0.15) is 0 Å². The van der Waals surface area contributed by atoms with Crippen molar-refractivity contribution in [1.29, 1.82) is 0 Å². The Bertz CT molecular complexity index is 992. The van der Waals surface area contributed by atoms with Gasteiger partial charge in [0.1, 0.15) is 11.3 Å². The van der Waals surface area contributed by atoms with Gasteiger partial charge in [-0.2, -0.15) is 5.10 Å². The zero-order valence-corrected chi connectivity index (χ0v) is 11.9. The van der Waals surface area contributed by atoms with Crippen LogP contribution in [0.25, 0.3) is 33.1 Å². The third-order valence-corrected chi connectivity index (χ3v) is 3.70. The van der Waals surface area contributed by atoms with Gasteiger partial charge in [0.15, 0.2) is 11.3 Å². The van der Waals surface area contributed by atoms with Crippen LogP contribution >= 0.6 is 0 Å². The van der Waals surface area contributed by atoms with Crippen molar-refractivity contribution in [2.75, 3.05) is 12.8 Å². The molecule has 2 aromatic heterocycles. The summed E-state index contributed by atoms with van der Waals surface area (Å²) >= 11 is 0. The van der Waals surface area contributed by atoms with Crippen LogP contribution in [0, 0.1) is 0 Å². The summed E-state index contributed by atoms with van der Waals surface area (Å²) in [7, 11) is 1.65. The molecule has 0 atom stereocenters. The lowest BCUT2D eigenvalue weighted by atomic mass is 10.0. The molecule has 108 valence electrons. The highest BCUT2D eigenvalue weighted by Crippen LogP contribution is 2.32. The molecular formula is C16H13N5O. The van der Waals surface area contributed by atoms with Crippen LogP contribution in [0.15, 0.2) is 42.5 Å². The summed E-state index contributed by atoms with van der Waals surface area (Å²) in [6, 6.07) is 13.8. The van der Waals surface area contributed by atoms with Crippen molar-refractivity contribution in [2.24, 2.45) is 0 Å². The highest BCUT2D eigenvalue weighted by molar-refractivity contribution is 6.08. The molecule has 2 heterocycles. The van der Waals surface area contributed by atoms with E-state index in [1.54, 1.807) is 7.11 Å². The van der Waals surface area contributed by atoms with Crippen LogP contribution in [0.4, 0.5) is 5.82 Å². The third-order valence-electron chi connectivity index (χ3n) is 3.70. The van der Waals surface area contributed by atoms with Crippen molar-refractivity contribution in [1.82, 2.24) is 20.4 Å². The molecule has 0 fully saturated rings. The van der Waals surface area contributed by atoms with Gasteiger partial charge in [0.25, 0.3) is 0 Å². The minimum absolute atomic E-state index is 0.358. The molecule has 0 aliphatic carbocycles. The van der Waals surface area contributed by atoms with E-state index in [-0.39, 0.29) is 0 Å². The van der Waals surface area contributed by atoms with E-state index in [0.717, 1.165) is 33.3 Å². The Labute approximate surface area is 125 Å². The molecule has 6 heteroatoms. The lowest BCUT2D eigenvalue weighted by molar-refractivity contribution is 0.415. The zero-order chi connectivity index (χ0) is 15.1. The number of benzene rings is 2. The minimum Gasteiger partial charge on any atom is -0.497 e. The Morgan fingerprint density at radius 3 is 2.73 bits per heavy atom. The average molecular weight is 291 g/mol. The molecule has 0 spiro atoms. The van der Waals surface area contributed by atoms with Crippen LogP contribution < -0.4 is 10.5 Å². The molecular weight excluding hydrogens is 278 g/mol. The fraction of sp³-hybridized carbons (Fsp3) is 0.0625. The highest BCUT2D eigenvalue weighted by Gasteiger charge is 2.12.